The first-order valence-corrected chi connectivity index (χ1v) is 7.91. The van der Waals surface area contributed by atoms with Crippen molar-refractivity contribution in [3.05, 3.63) is 48.0 Å². The molecule has 2 rings (SSSR count). The van der Waals surface area contributed by atoms with Crippen molar-refractivity contribution >= 4 is 28.4 Å². The molecule has 0 saturated heterocycles. The van der Waals surface area contributed by atoms with Crippen molar-refractivity contribution in [2.45, 2.75) is 18.7 Å². The lowest BCUT2D eigenvalue weighted by Crippen LogP contribution is -2.39. The molecule has 0 aliphatic rings. The van der Waals surface area contributed by atoms with Gasteiger partial charge >= 0.3 is 0 Å². The molecule has 0 bridgehead atoms. The van der Waals surface area contributed by atoms with Crippen LogP contribution in [-0.4, -0.2) is 24.2 Å². The van der Waals surface area contributed by atoms with E-state index in [1.807, 2.05) is 11.8 Å². The molecule has 1 atom stereocenters. The Balaban J connectivity index is 1.83. The van der Waals surface area contributed by atoms with Crippen LogP contribution in [0, 0.1) is 0 Å². The number of thioether (sulfide) groups is 1. The van der Waals surface area contributed by atoms with Gasteiger partial charge in [0.05, 0.1) is 6.04 Å². The summed E-state index contributed by atoms with van der Waals surface area (Å²) in [6, 6.07) is 14.4. The summed E-state index contributed by atoms with van der Waals surface area (Å²) in [5.74, 6) is 1.76. The van der Waals surface area contributed by atoms with Crippen molar-refractivity contribution in [3.63, 3.8) is 0 Å². The molecule has 0 aromatic heterocycles. The predicted molar refractivity (Wildman–Crippen MR) is 86.8 cm³/mol. The smallest absolute Gasteiger partial charge is 0.236 e. The zero-order valence-electron chi connectivity index (χ0n) is 11.6. The molecule has 4 heteroatoms. The number of benzene rings is 2. The third-order valence-corrected chi connectivity index (χ3v) is 4.10. The third kappa shape index (κ3) is 3.99. The Hall–Kier alpha value is -1.52. The zero-order chi connectivity index (χ0) is 14.4. The summed E-state index contributed by atoms with van der Waals surface area (Å²) < 4.78 is 0. The molecule has 0 aliphatic carbocycles. The average Bonchev–Trinajstić information content (AvgIpc) is 2.46. The number of nitrogens with one attached hydrogen (secondary N) is 1. The van der Waals surface area contributed by atoms with Crippen LogP contribution in [0.25, 0.3) is 10.8 Å². The van der Waals surface area contributed by atoms with Crippen LogP contribution in [0.4, 0.5) is 0 Å². The van der Waals surface area contributed by atoms with Crippen LogP contribution in [0.2, 0.25) is 0 Å². The monoisotopic (exact) mass is 288 g/mol. The lowest BCUT2D eigenvalue weighted by molar-refractivity contribution is -0.121. The van der Waals surface area contributed by atoms with Crippen molar-refractivity contribution in [1.29, 1.82) is 0 Å². The maximum absolute atomic E-state index is 11.3. The molecule has 0 unspecified atom stereocenters. The highest BCUT2D eigenvalue weighted by Gasteiger charge is 2.05. The van der Waals surface area contributed by atoms with Gasteiger partial charge in [-0.05, 0) is 23.3 Å². The molecule has 2 aromatic rings. The molecule has 20 heavy (non-hydrogen) atoms. The Morgan fingerprint density at radius 1 is 1.25 bits per heavy atom. The highest BCUT2D eigenvalue weighted by molar-refractivity contribution is 7.98. The van der Waals surface area contributed by atoms with Gasteiger partial charge in [-0.1, -0.05) is 42.5 Å². The molecular weight excluding hydrogens is 268 g/mol. The third-order valence-electron chi connectivity index (χ3n) is 3.10. The van der Waals surface area contributed by atoms with Gasteiger partial charge in [-0.2, -0.15) is 11.8 Å². The molecule has 1 amide bonds. The van der Waals surface area contributed by atoms with E-state index < -0.39 is 6.04 Å². The van der Waals surface area contributed by atoms with Crippen molar-refractivity contribution < 1.29 is 4.79 Å². The summed E-state index contributed by atoms with van der Waals surface area (Å²) in [6.07, 6.45) is 0. The molecule has 2 aromatic carbocycles. The van der Waals surface area contributed by atoms with Crippen molar-refractivity contribution in [2.75, 3.05) is 12.3 Å². The van der Waals surface area contributed by atoms with Crippen LogP contribution >= 0.6 is 11.8 Å². The molecule has 0 heterocycles. The fourth-order valence-corrected chi connectivity index (χ4v) is 2.87. The van der Waals surface area contributed by atoms with E-state index in [4.69, 9.17) is 5.73 Å². The lowest BCUT2D eigenvalue weighted by Gasteiger charge is -2.08. The van der Waals surface area contributed by atoms with Crippen LogP contribution in [0.5, 0.6) is 0 Å². The molecule has 3 nitrogen and oxygen atoms in total. The Labute approximate surface area is 123 Å². The summed E-state index contributed by atoms with van der Waals surface area (Å²) in [5, 5.41) is 5.40. The average molecular weight is 288 g/mol. The van der Waals surface area contributed by atoms with Gasteiger partial charge in [0.25, 0.3) is 0 Å². The molecule has 106 valence electrons. The second kappa shape index (κ2) is 7.31. The lowest BCUT2D eigenvalue weighted by atomic mass is 10.1. The zero-order valence-corrected chi connectivity index (χ0v) is 12.5. The molecule has 3 N–H and O–H groups in total. The van der Waals surface area contributed by atoms with Gasteiger partial charge in [-0.15, -0.1) is 0 Å². The van der Waals surface area contributed by atoms with E-state index in [0.29, 0.717) is 6.54 Å². The maximum atomic E-state index is 11.3. The number of hydrogen-bond acceptors (Lipinski definition) is 3. The highest BCUT2D eigenvalue weighted by atomic mass is 32.2. The number of hydrogen-bond donors (Lipinski definition) is 2. The van der Waals surface area contributed by atoms with E-state index in [9.17, 15) is 4.79 Å². The fourth-order valence-electron chi connectivity index (χ4n) is 2.01. The summed E-state index contributed by atoms with van der Waals surface area (Å²) in [4.78, 5) is 11.3. The van der Waals surface area contributed by atoms with E-state index in [0.717, 1.165) is 11.5 Å². The van der Waals surface area contributed by atoms with Gasteiger partial charge < -0.3 is 11.1 Å². The quantitative estimate of drug-likeness (QED) is 0.803. The fraction of sp³-hybridized carbons (Fsp3) is 0.312. The van der Waals surface area contributed by atoms with Gasteiger partial charge in [-0.25, -0.2) is 0 Å². The summed E-state index contributed by atoms with van der Waals surface area (Å²) >= 11 is 1.82. The summed E-state index contributed by atoms with van der Waals surface area (Å²) in [6.45, 7) is 2.36. The van der Waals surface area contributed by atoms with E-state index in [1.54, 1.807) is 6.92 Å². The van der Waals surface area contributed by atoms with E-state index >= 15 is 0 Å². The number of amides is 1. The topological polar surface area (TPSA) is 55.1 Å². The number of carbonyl (C=O) groups is 1. The normalized spacial score (nSPS) is 12.3. The molecule has 0 saturated carbocycles. The Kier molecular flexibility index (Phi) is 5.44. The van der Waals surface area contributed by atoms with Gasteiger partial charge in [0.15, 0.2) is 0 Å². The number of rotatable bonds is 6. The van der Waals surface area contributed by atoms with Crippen molar-refractivity contribution in [2.24, 2.45) is 5.73 Å². The van der Waals surface area contributed by atoms with Crippen molar-refractivity contribution in [3.8, 4) is 0 Å². The van der Waals surface area contributed by atoms with Crippen LogP contribution in [0.15, 0.2) is 42.5 Å². The van der Waals surface area contributed by atoms with E-state index in [-0.39, 0.29) is 5.91 Å². The molecule has 0 fully saturated rings. The van der Waals surface area contributed by atoms with E-state index in [2.05, 4.69) is 47.8 Å². The standard InChI is InChI=1S/C16H20N2OS/c1-12(17)16(19)18-9-10-20-11-14-7-4-6-13-5-2-3-8-15(13)14/h2-8,12H,9-11,17H2,1H3,(H,18,19)/t12-/m1/s1. The second-order valence-corrected chi connectivity index (χ2v) is 5.88. The Morgan fingerprint density at radius 2 is 2.00 bits per heavy atom. The number of nitrogens with two attached hydrogens (primary N) is 1. The van der Waals surface area contributed by atoms with E-state index in [1.165, 1.54) is 16.3 Å². The van der Waals surface area contributed by atoms with Crippen molar-refractivity contribution in [1.82, 2.24) is 5.32 Å². The SMILES string of the molecule is C[C@@H](N)C(=O)NCCSCc1cccc2ccccc12. The summed E-state index contributed by atoms with van der Waals surface area (Å²) in [5.41, 5.74) is 6.82. The number of carbonyl (C=O) groups excluding carboxylic acids is 1. The highest BCUT2D eigenvalue weighted by Crippen LogP contribution is 2.22. The summed E-state index contributed by atoms with van der Waals surface area (Å²) in [7, 11) is 0. The first-order valence-electron chi connectivity index (χ1n) is 6.76. The minimum atomic E-state index is -0.432. The van der Waals surface area contributed by atoms with Crippen LogP contribution < -0.4 is 11.1 Å². The molecular formula is C16H20N2OS. The maximum Gasteiger partial charge on any atom is 0.236 e. The minimum absolute atomic E-state index is 0.0873. The van der Waals surface area contributed by atoms with Gasteiger partial charge in [-0.3, -0.25) is 4.79 Å². The molecule has 0 radical (unpaired) electrons. The second-order valence-electron chi connectivity index (χ2n) is 4.77. The molecule has 0 spiro atoms. The van der Waals surface area contributed by atoms with Crippen LogP contribution in [0.3, 0.4) is 0 Å². The van der Waals surface area contributed by atoms with Crippen LogP contribution in [-0.2, 0) is 10.5 Å². The first kappa shape index (κ1) is 14.9. The molecule has 0 aliphatic heterocycles. The predicted octanol–water partition coefficient (Wildman–Crippen LogP) is 2.54. The Bertz CT molecular complexity index is 578. The van der Waals surface area contributed by atoms with Gasteiger partial charge in [0.2, 0.25) is 5.91 Å². The largest absolute Gasteiger partial charge is 0.354 e. The van der Waals surface area contributed by atoms with Crippen LogP contribution in [0.1, 0.15) is 12.5 Å². The van der Waals surface area contributed by atoms with Gasteiger partial charge in [0, 0.05) is 18.1 Å². The number of fused-ring (bicyclic) bond motifs is 1. The Morgan fingerprint density at radius 3 is 2.80 bits per heavy atom. The first-order chi connectivity index (χ1) is 9.68. The minimum Gasteiger partial charge on any atom is -0.354 e. The van der Waals surface area contributed by atoms with Gasteiger partial charge in [0.1, 0.15) is 0 Å².